The number of allylic oxidation sites excluding steroid dienone is 1. The number of hydrogen-bond acceptors (Lipinski definition) is 4. The van der Waals surface area contributed by atoms with Gasteiger partial charge in [0.1, 0.15) is 24.2 Å². The van der Waals surface area contributed by atoms with E-state index in [2.05, 4.69) is 11.4 Å². The highest BCUT2D eigenvalue weighted by atomic mass is 16.5. The van der Waals surface area contributed by atoms with E-state index in [9.17, 15) is 5.11 Å². The summed E-state index contributed by atoms with van der Waals surface area (Å²) in [6.07, 6.45) is 4.58. The Labute approximate surface area is 115 Å². The van der Waals surface area contributed by atoms with Crippen LogP contribution in [0.5, 0.6) is 11.5 Å². The lowest BCUT2D eigenvalue weighted by molar-refractivity contribution is 0.106. The highest BCUT2D eigenvalue weighted by molar-refractivity contribution is 5.31. The summed E-state index contributed by atoms with van der Waals surface area (Å²) >= 11 is 0. The van der Waals surface area contributed by atoms with E-state index in [-0.39, 0.29) is 6.61 Å². The van der Waals surface area contributed by atoms with Crippen LogP contribution in [0, 0.1) is 0 Å². The molecule has 1 aromatic carbocycles. The van der Waals surface area contributed by atoms with Gasteiger partial charge in [0, 0.05) is 6.54 Å². The maximum absolute atomic E-state index is 9.74. The van der Waals surface area contributed by atoms with Crippen molar-refractivity contribution >= 4 is 0 Å². The number of nitrogens with one attached hydrogen (secondary N) is 1. The van der Waals surface area contributed by atoms with E-state index in [1.54, 1.807) is 7.11 Å². The molecule has 4 heteroatoms. The number of hydrogen-bond donors (Lipinski definition) is 2. The topological polar surface area (TPSA) is 50.7 Å². The number of aliphatic hydroxyl groups excluding tert-OH is 1. The van der Waals surface area contributed by atoms with Crippen molar-refractivity contribution in [3.05, 3.63) is 36.4 Å². The average molecular weight is 265 g/mol. The first kappa shape index (κ1) is 15.5. The van der Waals surface area contributed by atoms with Crippen molar-refractivity contribution in [3.63, 3.8) is 0 Å². The second-order valence-electron chi connectivity index (χ2n) is 4.20. The summed E-state index contributed by atoms with van der Waals surface area (Å²) < 4.78 is 10.5. The normalized spacial score (nSPS) is 12.6. The van der Waals surface area contributed by atoms with Crippen LogP contribution < -0.4 is 14.8 Å². The number of methoxy groups -OCH3 is 1. The highest BCUT2D eigenvalue weighted by Crippen LogP contribution is 2.16. The third-order valence-electron chi connectivity index (χ3n) is 2.61. The first-order valence-corrected chi connectivity index (χ1v) is 6.53. The second kappa shape index (κ2) is 9.42. The van der Waals surface area contributed by atoms with Crippen molar-refractivity contribution in [1.29, 1.82) is 0 Å². The monoisotopic (exact) mass is 265 g/mol. The number of ether oxygens (including phenoxy) is 2. The van der Waals surface area contributed by atoms with Crippen LogP contribution >= 0.6 is 0 Å². The third kappa shape index (κ3) is 6.84. The fraction of sp³-hybridized carbons (Fsp3) is 0.467. The quantitative estimate of drug-likeness (QED) is 0.529. The molecule has 0 radical (unpaired) electrons. The summed E-state index contributed by atoms with van der Waals surface area (Å²) in [5.41, 5.74) is 0. The lowest BCUT2D eigenvalue weighted by Gasteiger charge is -2.13. The molecule has 106 valence electrons. The molecule has 1 rings (SSSR count). The molecule has 0 amide bonds. The zero-order chi connectivity index (χ0) is 13.9. The Morgan fingerprint density at radius 1 is 1.26 bits per heavy atom. The summed E-state index contributed by atoms with van der Waals surface area (Å²) in [5.74, 6) is 1.52. The van der Waals surface area contributed by atoms with Crippen LogP contribution in [-0.4, -0.2) is 38.0 Å². The fourth-order valence-corrected chi connectivity index (χ4v) is 1.54. The lowest BCUT2D eigenvalue weighted by Crippen LogP contribution is -2.31. The fourth-order valence-electron chi connectivity index (χ4n) is 1.54. The van der Waals surface area contributed by atoms with Gasteiger partial charge in [0.15, 0.2) is 0 Å². The molecule has 0 aliphatic carbocycles. The molecule has 0 fully saturated rings. The predicted octanol–water partition coefficient (Wildman–Crippen LogP) is 1.99. The highest BCUT2D eigenvalue weighted by Gasteiger charge is 2.04. The summed E-state index contributed by atoms with van der Waals surface area (Å²) in [4.78, 5) is 0. The minimum Gasteiger partial charge on any atom is -0.497 e. The van der Waals surface area contributed by atoms with Crippen LogP contribution in [0.25, 0.3) is 0 Å². The van der Waals surface area contributed by atoms with Crippen molar-refractivity contribution in [2.24, 2.45) is 0 Å². The van der Waals surface area contributed by atoms with E-state index < -0.39 is 6.10 Å². The maximum atomic E-state index is 9.74. The van der Waals surface area contributed by atoms with E-state index >= 15 is 0 Å². The van der Waals surface area contributed by atoms with Gasteiger partial charge in [-0.05, 0) is 44.2 Å². The van der Waals surface area contributed by atoms with Crippen LogP contribution in [0.2, 0.25) is 0 Å². The van der Waals surface area contributed by atoms with Crippen molar-refractivity contribution < 1.29 is 14.6 Å². The maximum Gasteiger partial charge on any atom is 0.119 e. The van der Waals surface area contributed by atoms with Gasteiger partial charge >= 0.3 is 0 Å². The van der Waals surface area contributed by atoms with E-state index in [0.29, 0.717) is 6.54 Å². The van der Waals surface area contributed by atoms with Crippen LogP contribution in [-0.2, 0) is 0 Å². The minimum atomic E-state index is -0.507. The molecule has 0 aliphatic rings. The Hall–Kier alpha value is -1.52. The zero-order valence-electron chi connectivity index (χ0n) is 11.6. The van der Waals surface area contributed by atoms with Crippen molar-refractivity contribution in [2.75, 3.05) is 26.8 Å². The van der Waals surface area contributed by atoms with Gasteiger partial charge in [-0.3, -0.25) is 0 Å². The van der Waals surface area contributed by atoms with E-state index in [4.69, 9.17) is 9.47 Å². The SMILES string of the molecule is C/C=C/CCNCC(O)COc1ccc(OC)cc1. The summed E-state index contributed by atoms with van der Waals surface area (Å²) in [6.45, 7) is 3.68. The smallest absolute Gasteiger partial charge is 0.119 e. The Bertz CT molecular complexity index is 362. The van der Waals surface area contributed by atoms with Crippen molar-refractivity contribution in [1.82, 2.24) is 5.32 Å². The largest absolute Gasteiger partial charge is 0.497 e. The first-order valence-electron chi connectivity index (χ1n) is 6.53. The Balaban J connectivity index is 2.16. The number of rotatable bonds is 9. The summed E-state index contributed by atoms with van der Waals surface area (Å²) in [7, 11) is 1.62. The molecular weight excluding hydrogens is 242 g/mol. The Kier molecular flexibility index (Phi) is 7.70. The Morgan fingerprint density at radius 3 is 2.58 bits per heavy atom. The molecule has 2 N–H and O–H groups in total. The lowest BCUT2D eigenvalue weighted by atomic mass is 10.3. The first-order chi connectivity index (χ1) is 9.26. The van der Waals surface area contributed by atoms with Crippen LogP contribution in [0.1, 0.15) is 13.3 Å². The zero-order valence-corrected chi connectivity index (χ0v) is 11.6. The molecule has 4 nitrogen and oxygen atoms in total. The molecule has 0 spiro atoms. The Morgan fingerprint density at radius 2 is 1.95 bits per heavy atom. The minimum absolute atomic E-state index is 0.281. The van der Waals surface area contributed by atoms with Crippen molar-refractivity contribution in [2.45, 2.75) is 19.4 Å². The van der Waals surface area contributed by atoms with Gasteiger partial charge in [-0.2, -0.15) is 0 Å². The van der Waals surface area contributed by atoms with Gasteiger partial charge in [-0.15, -0.1) is 0 Å². The van der Waals surface area contributed by atoms with E-state index in [1.807, 2.05) is 37.3 Å². The molecule has 0 heterocycles. The molecule has 0 aliphatic heterocycles. The predicted molar refractivity (Wildman–Crippen MR) is 76.8 cm³/mol. The molecule has 0 saturated heterocycles. The molecule has 0 saturated carbocycles. The van der Waals surface area contributed by atoms with Crippen LogP contribution in [0.15, 0.2) is 36.4 Å². The molecular formula is C15H23NO3. The molecule has 19 heavy (non-hydrogen) atoms. The van der Waals surface area contributed by atoms with E-state index in [1.165, 1.54) is 0 Å². The van der Waals surface area contributed by atoms with Gasteiger partial charge in [-0.1, -0.05) is 12.2 Å². The van der Waals surface area contributed by atoms with Gasteiger partial charge in [-0.25, -0.2) is 0 Å². The summed E-state index contributed by atoms with van der Waals surface area (Å²) in [5, 5.41) is 12.9. The second-order valence-corrected chi connectivity index (χ2v) is 4.20. The van der Waals surface area contributed by atoms with Crippen molar-refractivity contribution in [3.8, 4) is 11.5 Å². The van der Waals surface area contributed by atoms with E-state index in [0.717, 1.165) is 24.5 Å². The molecule has 0 bridgehead atoms. The van der Waals surface area contributed by atoms with Gasteiger partial charge in [0.25, 0.3) is 0 Å². The molecule has 1 unspecified atom stereocenters. The van der Waals surface area contributed by atoms with Gasteiger partial charge in [0.05, 0.1) is 7.11 Å². The van der Waals surface area contributed by atoms with Gasteiger partial charge in [0.2, 0.25) is 0 Å². The molecule has 1 atom stereocenters. The number of aliphatic hydroxyl groups is 1. The summed E-state index contributed by atoms with van der Waals surface area (Å²) in [6, 6.07) is 7.31. The average Bonchev–Trinajstić information content (AvgIpc) is 2.45. The number of benzene rings is 1. The standard InChI is InChI=1S/C15H23NO3/c1-3-4-5-10-16-11-13(17)12-19-15-8-6-14(18-2)7-9-15/h3-4,6-9,13,16-17H,5,10-12H2,1-2H3/b4-3+. The molecule has 1 aromatic rings. The van der Waals surface area contributed by atoms with Crippen LogP contribution in [0.3, 0.4) is 0 Å². The molecule has 0 aromatic heterocycles. The van der Waals surface area contributed by atoms with Gasteiger partial charge < -0.3 is 19.9 Å². The third-order valence-corrected chi connectivity index (χ3v) is 2.61. The van der Waals surface area contributed by atoms with Crippen LogP contribution in [0.4, 0.5) is 0 Å².